The van der Waals surface area contributed by atoms with Gasteiger partial charge in [-0.05, 0) is 5.56 Å². The third-order valence-corrected chi connectivity index (χ3v) is 3.39. The molecule has 0 fully saturated rings. The van der Waals surface area contributed by atoms with E-state index < -0.39 is 24.0 Å². The van der Waals surface area contributed by atoms with Crippen molar-refractivity contribution in [2.24, 2.45) is 5.73 Å². The number of nitrogens with one attached hydrogen (secondary N) is 1. The molecule has 4 N–H and O–H groups in total. The monoisotopic (exact) mass is 312 g/mol. The summed E-state index contributed by atoms with van der Waals surface area (Å²) in [5, 5.41) is 11.2. The van der Waals surface area contributed by atoms with Crippen molar-refractivity contribution in [1.29, 1.82) is 0 Å². The fraction of sp³-hybridized carbons (Fsp3) is 0.308. The Hall–Kier alpha value is -2.22. The summed E-state index contributed by atoms with van der Waals surface area (Å²) in [6.07, 6.45) is -0.828. The molecule has 2 amide bonds. The topological polar surface area (TPSA) is 119 Å². The van der Waals surface area contributed by atoms with Crippen molar-refractivity contribution in [3.63, 3.8) is 0 Å². The lowest BCUT2D eigenvalue weighted by molar-refractivity contribution is -0.138. The van der Waals surface area contributed by atoms with E-state index >= 15 is 0 Å². The molecule has 0 aliphatic carbocycles. The molecule has 0 aromatic heterocycles. The lowest BCUT2D eigenvalue weighted by Crippen LogP contribution is -2.43. The van der Waals surface area contributed by atoms with Gasteiger partial charge in [0.15, 0.2) is 0 Å². The fourth-order valence-corrected chi connectivity index (χ4v) is 2.14. The number of carbonyl (C=O) groups is 3. The largest absolute Gasteiger partial charge is 0.480 e. The summed E-state index contributed by atoms with van der Waals surface area (Å²) >= 11 is 1.03. The van der Waals surface area contributed by atoms with Crippen LogP contribution >= 0.6 is 11.8 Å². The molecular weight excluding hydrogens is 296 g/mol. The number of alkyl carbamates (subject to hydrolysis) is 1. The average Bonchev–Trinajstić information content (AvgIpc) is 2.44. The summed E-state index contributed by atoms with van der Waals surface area (Å²) in [6.45, 7) is 0.0490. The Morgan fingerprint density at radius 2 is 1.95 bits per heavy atom. The van der Waals surface area contributed by atoms with E-state index in [0.29, 0.717) is 0 Å². The fourth-order valence-electron chi connectivity index (χ4n) is 1.36. The molecule has 1 rings (SSSR count). The van der Waals surface area contributed by atoms with Gasteiger partial charge in [0.05, 0.1) is 5.75 Å². The second-order valence-electron chi connectivity index (χ2n) is 4.08. The van der Waals surface area contributed by atoms with E-state index in [2.05, 4.69) is 5.32 Å². The highest BCUT2D eigenvalue weighted by Gasteiger charge is 2.20. The summed E-state index contributed by atoms with van der Waals surface area (Å²) in [4.78, 5) is 33.1. The van der Waals surface area contributed by atoms with Crippen LogP contribution in [0.2, 0.25) is 0 Å². The van der Waals surface area contributed by atoms with Gasteiger partial charge in [0.1, 0.15) is 12.6 Å². The van der Waals surface area contributed by atoms with Gasteiger partial charge in [-0.1, -0.05) is 30.3 Å². The number of nitrogens with two attached hydrogens (primary N) is 1. The SMILES string of the molecule is NC(=O)CSCC(NC(=O)OCc1ccccc1)C(=O)O. The molecule has 1 unspecified atom stereocenters. The zero-order valence-electron chi connectivity index (χ0n) is 11.2. The van der Waals surface area contributed by atoms with Crippen LogP contribution in [0.4, 0.5) is 4.79 Å². The second kappa shape index (κ2) is 8.85. The van der Waals surface area contributed by atoms with Crippen molar-refractivity contribution < 1.29 is 24.2 Å². The number of carboxylic acid groups (broad SMARTS) is 1. The third kappa shape index (κ3) is 7.21. The number of aliphatic carboxylic acids is 1. The molecule has 114 valence electrons. The molecule has 8 heteroatoms. The Morgan fingerprint density at radius 1 is 1.29 bits per heavy atom. The quantitative estimate of drug-likeness (QED) is 0.646. The molecule has 1 aromatic carbocycles. The van der Waals surface area contributed by atoms with Gasteiger partial charge >= 0.3 is 12.1 Å². The maximum Gasteiger partial charge on any atom is 0.408 e. The summed E-state index contributed by atoms with van der Waals surface area (Å²) in [5.74, 6) is -1.73. The van der Waals surface area contributed by atoms with Gasteiger partial charge in [-0.3, -0.25) is 4.79 Å². The third-order valence-electron chi connectivity index (χ3n) is 2.33. The number of ether oxygens (including phenoxy) is 1. The smallest absolute Gasteiger partial charge is 0.408 e. The second-order valence-corrected chi connectivity index (χ2v) is 5.11. The minimum absolute atomic E-state index is 0.00940. The molecule has 0 bridgehead atoms. The summed E-state index contributed by atoms with van der Waals surface area (Å²) < 4.78 is 4.92. The zero-order chi connectivity index (χ0) is 15.7. The summed E-state index contributed by atoms with van der Waals surface area (Å²) in [6, 6.07) is 7.86. The van der Waals surface area contributed by atoms with E-state index in [1.807, 2.05) is 6.07 Å². The first-order valence-electron chi connectivity index (χ1n) is 6.05. The molecule has 7 nitrogen and oxygen atoms in total. The van der Waals surface area contributed by atoms with E-state index in [4.69, 9.17) is 15.6 Å². The average molecular weight is 312 g/mol. The van der Waals surface area contributed by atoms with Gasteiger partial charge < -0.3 is 20.9 Å². The van der Waals surface area contributed by atoms with Gasteiger partial charge in [-0.15, -0.1) is 11.8 Å². The van der Waals surface area contributed by atoms with Crippen LogP contribution in [-0.4, -0.2) is 40.6 Å². The van der Waals surface area contributed by atoms with Crippen LogP contribution < -0.4 is 11.1 Å². The molecule has 0 spiro atoms. The number of amides is 2. The van der Waals surface area contributed by atoms with Crippen LogP contribution in [-0.2, 0) is 20.9 Å². The Morgan fingerprint density at radius 3 is 2.52 bits per heavy atom. The highest BCUT2D eigenvalue weighted by atomic mass is 32.2. The number of carboxylic acids is 1. The van der Waals surface area contributed by atoms with Gasteiger partial charge in [-0.25, -0.2) is 9.59 Å². The Balaban J connectivity index is 2.38. The van der Waals surface area contributed by atoms with Crippen LogP contribution in [0.25, 0.3) is 0 Å². The Labute approximate surface area is 125 Å². The maximum atomic E-state index is 11.5. The minimum atomic E-state index is -1.20. The molecule has 1 aromatic rings. The lowest BCUT2D eigenvalue weighted by Gasteiger charge is -2.14. The van der Waals surface area contributed by atoms with Crippen LogP contribution in [0.5, 0.6) is 0 Å². The van der Waals surface area contributed by atoms with Crippen molar-refractivity contribution in [1.82, 2.24) is 5.32 Å². The highest BCUT2D eigenvalue weighted by molar-refractivity contribution is 8.00. The van der Waals surface area contributed by atoms with Crippen molar-refractivity contribution in [2.75, 3.05) is 11.5 Å². The normalized spacial score (nSPS) is 11.4. The Bertz CT molecular complexity index is 495. The minimum Gasteiger partial charge on any atom is -0.480 e. The molecular formula is C13H16N2O5S. The number of hydrogen-bond donors (Lipinski definition) is 3. The molecule has 0 heterocycles. The van der Waals surface area contributed by atoms with Gasteiger partial charge in [0.25, 0.3) is 0 Å². The number of benzene rings is 1. The predicted octanol–water partition coefficient (Wildman–Crippen LogP) is 0.584. The van der Waals surface area contributed by atoms with Crippen LogP contribution in [0, 0.1) is 0 Å². The Kier molecular flexibility index (Phi) is 7.10. The number of rotatable bonds is 8. The molecule has 0 aliphatic rings. The first kappa shape index (κ1) is 16.8. The van der Waals surface area contributed by atoms with Gasteiger partial charge in [-0.2, -0.15) is 0 Å². The number of hydrogen-bond acceptors (Lipinski definition) is 5. The van der Waals surface area contributed by atoms with Crippen LogP contribution in [0.1, 0.15) is 5.56 Å². The van der Waals surface area contributed by atoms with E-state index in [1.165, 1.54) is 0 Å². The number of thioether (sulfide) groups is 1. The summed E-state index contributed by atoms with van der Waals surface area (Å²) in [5.41, 5.74) is 5.74. The molecule has 0 radical (unpaired) electrons. The van der Waals surface area contributed by atoms with Crippen LogP contribution in [0.15, 0.2) is 30.3 Å². The first-order valence-corrected chi connectivity index (χ1v) is 7.20. The maximum absolute atomic E-state index is 11.5. The van der Waals surface area contributed by atoms with Gasteiger partial charge in [0, 0.05) is 5.75 Å². The standard InChI is InChI=1S/C13H16N2O5S/c14-11(16)8-21-7-10(12(17)18)15-13(19)20-6-9-4-2-1-3-5-9/h1-5,10H,6-8H2,(H2,14,16)(H,15,19)(H,17,18). The van der Waals surface area contributed by atoms with E-state index in [-0.39, 0.29) is 18.1 Å². The molecule has 0 aliphatic heterocycles. The molecule has 21 heavy (non-hydrogen) atoms. The number of primary amides is 1. The van der Waals surface area contributed by atoms with Gasteiger partial charge in [0.2, 0.25) is 5.91 Å². The van der Waals surface area contributed by atoms with Crippen molar-refractivity contribution >= 4 is 29.7 Å². The predicted molar refractivity (Wildman–Crippen MR) is 77.7 cm³/mol. The molecule has 1 atom stereocenters. The molecule has 0 saturated heterocycles. The first-order chi connectivity index (χ1) is 9.99. The summed E-state index contributed by atoms with van der Waals surface area (Å²) in [7, 11) is 0. The van der Waals surface area contributed by atoms with Crippen molar-refractivity contribution in [2.45, 2.75) is 12.6 Å². The van der Waals surface area contributed by atoms with Crippen molar-refractivity contribution in [3.8, 4) is 0 Å². The zero-order valence-corrected chi connectivity index (χ0v) is 12.0. The van der Waals surface area contributed by atoms with E-state index in [9.17, 15) is 14.4 Å². The molecule has 0 saturated carbocycles. The van der Waals surface area contributed by atoms with Crippen LogP contribution in [0.3, 0.4) is 0 Å². The van der Waals surface area contributed by atoms with Crippen molar-refractivity contribution in [3.05, 3.63) is 35.9 Å². The number of carbonyl (C=O) groups excluding carboxylic acids is 2. The highest BCUT2D eigenvalue weighted by Crippen LogP contribution is 2.04. The van der Waals surface area contributed by atoms with E-state index in [0.717, 1.165) is 17.3 Å². The van der Waals surface area contributed by atoms with E-state index in [1.54, 1.807) is 24.3 Å². The lowest BCUT2D eigenvalue weighted by atomic mass is 10.2.